The first kappa shape index (κ1) is 21.5. The van der Waals surface area contributed by atoms with Crippen LogP contribution in [-0.2, 0) is 21.4 Å². The third-order valence-corrected chi connectivity index (χ3v) is 6.85. The molecule has 1 fully saturated rings. The van der Waals surface area contributed by atoms with Crippen LogP contribution in [0.4, 0.5) is 11.4 Å². The minimum atomic E-state index is -3.53. The molecule has 0 aliphatic carbocycles. The minimum absolute atomic E-state index is 0.0516. The molecule has 31 heavy (non-hydrogen) atoms. The lowest BCUT2D eigenvalue weighted by molar-refractivity contribution is -0.127. The fourth-order valence-corrected chi connectivity index (χ4v) is 4.76. The number of carbonyl (C=O) groups excluding carboxylic acids is 1. The van der Waals surface area contributed by atoms with Gasteiger partial charge in [-0.25, -0.2) is 8.42 Å². The van der Waals surface area contributed by atoms with Gasteiger partial charge in [0.2, 0.25) is 10.0 Å². The van der Waals surface area contributed by atoms with Crippen LogP contribution in [0.5, 0.6) is 5.75 Å². The summed E-state index contributed by atoms with van der Waals surface area (Å²) in [5, 5.41) is 2.87. The zero-order valence-corrected chi connectivity index (χ0v) is 18.6. The van der Waals surface area contributed by atoms with Crippen molar-refractivity contribution in [2.75, 3.05) is 55.2 Å². The van der Waals surface area contributed by atoms with Crippen LogP contribution in [-0.4, -0.2) is 71.4 Å². The molecule has 1 saturated heterocycles. The molecule has 166 valence electrons. The van der Waals surface area contributed by atoms with Gasteiger partial charge in [0, 0.05) is 38.4 Å². The Labute approximate surface area is 183 Å². The molecule has 1 unspecified atom stereocenters. The van der Waals surface area contributed by atoms with Crippen molar-refractivity contribution in [1.29, 1.82) is 0 Å². The fraction of sp³-hybridized carbons (Fsp3) is 0.409. The number of benzene rings is 2. The van der Waals surface area contributed by atoms with E-state index in [1.807, 2.05) is 12.1 Å². The maximum absolute atomic E-state index is 12.7. The summed E-state index contributed by atoms with van der Waals surface area (Å²) in [5.74, 6) is 0.0437. The van der Waals surface area contributed by atoms with Gasteiger partial charge in [0.15, 0.2) is 6.10 Å². The minimum Gasteiger partial charge on any atom is -0.476 e. The van der Waals surface area contributed by atoms with Crippen molar-refractivity contribution in [3.8, 4) is 5.75 Å². The number of hydrogen-bond donors (Lipinski definition) is 1. The quantitative estimate of drug-likeness (QED) is 0.748. The van der Waals surface area contributed by atoms with Crippen molar-refractivity contribution < 1.29 is 17.9 Å². The van der Waals surface area contributed by atoms with Crippen molar-refractivity contribution in [3.05, 3.63) is 54.1 Å². The predicted octanol–water partition coefficient (Wildman–Crippen LogP) is 1.28. The summed E-state index contributed by atoms with van der Waals surface area (Å²) in [7, 11) is -1.39. The number of para-hydroxylation sites is 2. The molecular weight excluding hydrogens is 416 g/mol. The summed E-state index contributed by atoms with van der Waals surface area (Å²) in [6.45, 7) is 4.40. The number of amides is 1. The van der Waals surface area contributed by atoms with Gasteiger partial charge in [-0.2, -0.15) is 0 Å². The van der Waals surface area contributed by atoms with Crippen LogP contribution < -0.4 is 19.3 Å². The van der Waals surface area contributed by atoms with Crippen molar-refractivity contribution in [2.24, 2.45) is 0 Å². The molecule has 1 N–H and O–H groups in total. The van der Waals surface area contributed by atoms with Crippen molar-refractivity contribution >= 4 is 27.3 Å². The number of rotatable bonds is 5. The van der Waals surface area contributed by atoms with Crippen LogP contribution in [0.25, 0.3) is 0 Å². The number of carbonyl (C=O) groups is 1. The molecule has 2 aromatic carbocycles. The van der Waals surface area contributed by atoms with Gasteiger partial charge in [-0.05, 0) is 36.9 Å². The number of ether oxygens (including phenoxy) is 1. The lowest BCUT2D eigenvalue weighted by atomic mass is 10.1. The van der Waals surface area contributed by atoms with Crippen molar-refractivity contribution in [1.82, 2.24) is 10.2 Å². The number of hydrogen-bond acceptors (Lipinski definition) is 6. The van der Waals surface area contributed by atoms with Gasteiger partial charge in [-0.15, -0.1) is 0 Å². The standard InChI is InChI=1S/C22H28N4O4S/c1-24-11-13-25(14-12-24)18-9-7-17(8-10-18)15-23-22(27)21-16-26(31(2,28)29)19-5-3-4-6-20(19)30-21/h3-10,21H,11-16H2,1-2H3,(H,23,27). The SMILES string of the molecule is CN1CCN(c2ccc(CNC(=O)C3CN(S(C)(=O)=O)c4ccccc4O3)cc2)CC1. The molecule has 0 spiro atoms. The number of anilines is 2. The van der Waals surface area contributed by atoms with E-state index in [0.29, 0.717) is 18.0 Å². The summed E-state index contributed by atoms with van der Waals surface area (Å²) in [5.41, 5.74) is 2.61. The van der Waals surface area contributed by atoms with Crippen molar-refractivity contribution in [2.45, 2.75) is 12.6 Å². The molecule has 0 bridgehead atoms. The average molecular weight is 445 g/mol. The van der Waals surface area contributed by atoms with Gasteiger partial charge in [0.05, 0.1) is 18.5 Å². The second-order valence-corrected chi connectivity index (χ2v) is 9.95. The monoisotopic (exact) mass is 444 g/mol. The highest BCUT2D eigenvalue weighted by Crippen LogP contribution is 2.34. The highest BCUT2D eigenvalue weighted by Gasteiger charge is 2.34. The summed E-state index contributed by atoms with van der Waals surface area (Å²) < 4.78 is 31.4. The number of nitrogens with zero attached hydrogens (tertiary/aromatic N) is 3. The number of likely N-dealkylation sites (N-methyl/N-ethyl adjacent to an activating group) is 1. The Bertz CT molecular complexity index is 1030. The van der Waals surface area contributed by atoms with E-state index < -0.39 is 16.1 Å². The molecule has 9 heteroatoms. The van der Waals surface area contributed by atoms with E-state index in [-0.39, 0.29) is 12.5 Å². The molecule has 0 radical (unpaired) electrons. The molecule has 0 saturated carbocycles. The van der Waals surface area contributed by atoms with Gasteiger partial charge < -0.3 is 19.9 Å². The van der Waals surface area contributed by atoms with E-state index in [1.54, 1.807) is 24.3 Å². The Morgan fingerprint density at radius 3 is 2.42 bits per heavy atom. The van der Waals surface area contributed by atoms with E-state index in [9.17, 15) is 13.2 Å². The van der Waals surface area contributed by atoms with Crippen molar-refractivity contribution in [3.63, 3.8) is 0 Å². The smallest absolute Gasteiger partial charge is 0.263 e. The Hall–Kier alpha value is -2.78. The highest BCUT2D eigenvalue weighted by molar-refractivity contribution is 7.92. The summed E-state index contributed by atoms with van der Waals surface area (Å²) in [6.07, 6.45) is 0.223. The molecule has 8 nitrogen and oxygen atoms in total. The Balaban J connectivity index is 1.38. The van der Waals surface area contributed by atoms with Gasteiger partial charge >= 0.3 is 0 Å². The zero-order chi connectivity index (χ0) is 22.0. The predicted molar refractivity (Wildman–Crippen MR) is 121 cm³/mol. The van der Waals surface area contributed by atoms with E-state index in [4.69, 9.17) is 4.74 Å². The largest absolute Gasteiger partial charge is 0.476 e. The van der Waals surface area contributed by atoms with E-state index in [1.165, 1.54) is 9.99 Å². The topological polar surface area (TPSA) is 82.2 Å². The van der Waals surface area contributed by atoms with Gasteiger partial charge in [0.1, 0.15) is 5.75 Å². The van der Waals surface area contributed by atoms with E-state index in [2.05, 4.69) is 34.3 Å². The molecule has 0 aromatic heterocycles. The molecule has 2 aromatic rings. The molecule has 2 heterocycles. The molecule has 1 atom stereocenters. The van der Waals surface area contributed by atoms with Crippen LogP contribution in [0.3, 0.4) is 0 Å². The van der Waals surface area contributed by atoms with Crippen LogP contribution in [0.1, 0.15) is 5.56 Å². The first-order valence-corrected chi connectivity index (χ1v) is 12.2. The van der Waals surface area contributed by atoms with Crippen LogP contribution in [0, 0.1) is 0 Å². The van der Waals surface area contributed by atoms with E-state index in [0.717, 1.165) is 38.0 Å². The van der Waals surface area contributed by atoms with Crippen LogP contribution in [0.15, 0.2) is 48.5 Å². The summed E-state index contributed by atoms with van der Waals surface area (Å²) in [4.78, 5) is 17.4. The van der Waals surface area contributed by atoms with Gasteiger partial charge in [-0.1, -0.05) is 24.3 Å². The second-order valence-electron chi connectivity index (χ2n) is 8.04. The summed E-state index contributed by atoms with van der Waals surface area (Å²) in [6, 6.07) is 15.0. The maximum Gasteiger partial charge on any atom is 0.263 e. The number of fused-ring (bicyclic) bond motifs is 1. The Morgan fingerprint density at radius 1 is 1.06 bits per heavy atom. The molecular formula is C22H28N4O4S. The zero-order valence-electron chi connectivity index (χ0n) is 17.8. The third-order valence-electron chi connectivity index (χ3n) is 5.70. The summed E-state index contributed by atoms with van der Waals surface area (Å²) >= 11 is 0. The Morgan fingerprint density at radius 2 is 1.74 bits per heavy atom. The molecule has 2 aliphatic heterocycles. The number of piperazine rings is 1. The van der Waals surface area contributed by atoms with Crippen LogP contribution in [0.2, 0.25) is 0 Å². The third kappa shape index (κ3) is 4.94. The molecule has 1 amide bonds. The fourth-order valence-electron chi connectivity index (χ4n) is 3.85. The first-order valence-electron chi connectivity index (χ1n) is 10.3. The molecule has 2 aliphatic rings. The number of nitrogens with one attached hydrogen (secondary N) is 1. The lowest BCUT2D eigenvalue weighted by Gasteiger charge is -2.34. The average Bonchev–Trinajstić information content (AvgIpc) is 2.77. The highest BCUT2D eigenvalue weighted by atomic mass is 32.2. The second kappa shape index (κ2) is 8.76. The number of sulfonamides is 1. The van der Waals surface area contributed by atoms with Gasteiger partial charge in [0.25, 0.3) is 5.91 Å². The van der Waals surface area contributed by atoms with Gasteiger partial charge in [-0.3, -0.25) is 9.10 Å². The Kier molecular flexibility index (Phi) is 6.06. The van der Waals surface area contributed by atoms with E-state index >= 15 is 0 Å². The first-order chi connectivity index (χ1) is 14.8. The lowest BCUT2D eigenvalue weighted by Crippen LogP contribution is -2.50. The normalized spacial score (nSPS) is 19.5. The molecule has 4 rings (SSSR count). The maximum atomic E-state index is 12.7. The van der Waals surface area contributed by atoms with Crippen LogP contribution >= 0.6 is 0 Å².